The topological polar surface area (TPSA) is 101 Å². The number of rotatable bonds is 4. The van der Waals surface area contributed by atoms with E-state index >= 15 is 0 Å². The summed E-state index contributed by atoms with van der Waals surface area (Å²) in [5.74, 6) is 1.47. The van der Waals surface area contributed by atoms with Crippen molar-refractivity contribution in [3.63, 3.8) is 0 Å². The van der Waals surface area contributed by atoms with E-state index in [4.69, 9.17) is 10.2 Å². The minimum Gasteiger partial charge on any atom is -0.444 e. The van der Waals surface area contributed by atoms with E-state index in [-0.39, 0.29) is 0 Å². The molecule has 1 fully saturated rings. The second-order valence-corrected chi connectivity index (χ2v) is 5.90. The summed E-state index contributed by atoms with van der Waals surface area (Å²) >= 11 is 0. The molecule has 3 heterocycles. The summed E-state index contributed by atoms with van der Waals surface area (Å²) in [7, 11) is 0. The van der Waals surface area contributed by atoms with Crippen molar-refractivity contribution in [1.29, 1.82) is 0 Å². The van der Waals surface area contributed by atoms with Crippen LogP contribution < -0.4 is 5.73 Å². The van der Waals surface area contributed by atoms with Crippen LogP contribution in [0.3, 0.4) is 0 Å². The molecule has 0 unspecified atom stereocenters. The molecule has 1 aliphatic heterocycles. The van der Waals surface area contributed by atoms with Gasteiger partial charge in [0.1, 0.15) is 11.5 Å². The number of hydrogen-bond donors (Lipinski definition) is 2. The fourth-order valence-corrected chi connectivity index (χ4v) is 2.92. The number of aryl methyl sites for hydroxylation is 2. The lowest BCUT2D eigenvalue weighted by Crippen LogP contribution is -2.34. The molecule has 1 aliphatic rings. The van der Waals surface area contributed by atoms with Crippen LogP contribution in [0, 0.1) is 13.8 Å². The predicted octanol–water partition coefficient (Wildman–Crippen LogP) is 1.49. The Morgan fingerprint density at radius 2 is 2.36 bits per heavy atom. The van der Waals surface area contributed by atoms with E-state index in [1.165, 1.54) is 0 Å². The highest BCUT2D eigenvalue weighted by Crippen LogP contribution is 2.27. The van der Waals surface area contributed by atoms with Gasteiger partial charge in [-0.15, -0.1) is 0 Å². The Labute approximate surface area is 128 Å². The maximum absolute atomic E-state index is 11.1. The fraction of sp³-hybridized carbons (Fsp3) is 0.533. The summed E-state index contributed by atoms with van der Waals surface area (Å²) in [5, 5.41) is 6.90. The lowest BCUT2D eigenvalue weighted by Gasteiger charge is -2.31. The van der Waals surface area contributed by atoms with Crippen LogP contribution in [0.1, 0.15) is 52.3 Å². The van der Waals surface area contributed by atoms with Crippen LogP contribution in [0.4, 0.5) is 0 Å². The highest BCUT2D eigenvalue weighted by Gasteiger charge is 2.24. The molecule has 3 N–H and O–H groups in total. The third kappa shape index (κ3) is 3.04. The maximum atomic E-state index is 11.1. The van der Waals surface area contributed by atoms with E-state index in [2.05, 4.69) is 20.1 Å². The number of aromatic amines is 1. The second kappa shape index (κ2) is 5.92. The number of nitrogens with two attached hydrogens (primary N) is 1. The van der Waals surface area contributed by atoms with E-state index < -0.39 is 5.91 Å². The predicted molar refractivity (Wildman–Crippen MR) is 80.3 cm³/mol. The number of carbonyl (C=O) groups excluding carboxylic acids is 1. The van der Waals surface area contributed by atoms with Crippen LogP contribution in [-0.4, -0.2) is 39.1 Å². The van der Waals surface area contributed by atoms with Crippen molar-refractivity contribution in [1.82, 2.24) is 20.1 Å². The van der Waals surface area contributed by atoms with Crippen molar-refractivity contribution in [2.24, 2.45) is 5.73 Å². The number of piperidine rings is 1. The van der Waals surface area contributed by atoms with Gasteiger partial charge in [0.25, 0.3) is 5.91 Å². The number of likely N-dealkylation sites (tertiary alicyclic amines) is 1. The molecule has 0 aliphatic carbocycles. The van der Waals surface area contributed by atoms with Crippen molar-refractivity contribution in [2.45, 2.75) is 39.2 Å². The van der Waals surface area contributed by atoms with Crippen molar-refractivity contribution in [2.75, 3.05) is 13.1 Å². The first-order chi connectivity index (χ1) is 10.5. The minimum absolute atomic E-state index is 0.297. The summed E-state index contributed by atoms with van der Waals surface area (Å²) in [6, 6.07) is 1.76. The first-order valence-corrected chi connectivity index (χ1v) is 7.53. The van der Waals surface area contributed by atoms with Gasteiger partial charge in [-0.3, -0.25) is 14.8 Å². The lowest BCUT2D eigenvalue weighted by atomic mass is 9.94. The number of oxazole rings is 1. The maximum Gasteiger partial charge on any atom is 0.269 e. The van der Waals surface area contributed by atoms with Gasteiger partial charge in [0.05, 0.1) is 12.2 Å². The molecule has 2 aromatic heterocycles. The number of primary amides is 1. The van der Waals surface area contributed by atoms with Crippen LogP contribution >= 0.6 is 0 Å². The molecule has 7 nitrogen and oxygen atoms in total. The number of carbonyl (C=O) groups is 1. The molecule has 0 saturated carbocycles. The number of nitrogens with one attached hydrogen (secondary N) is 1. The molecule has 1 saturated heterocycles. The van der Waals surface area contributed by atoms with Gasteiger partial charge < -0.3 is 10.2 Å². The zero-order valence-corrected chi connectivity index (χ0v) is 12.9. The van der Waals surface area contributed by atoms with Crippen molar-refractivity contribution in [3.05, 3.63) is 34.8 Å². The smallest absolute Gasteiger partial charge is 0.269 e. The molecule has 1 atom stereocenters. The summed E-state index contributed by atoms with van der Waals surface area (Å²) < 4.78 is 5.66. The minimum atomic E-state index is -0.499. The Bertz CT molecular complexity index is 656. The number of nitrogens with zero attached hydrogens (tertiary/aromatic N) is 3. The first kappa shape index (κ1) is 14.8. The number of hydrogen-bond acceptors (Lipinski definition) is 5. The van der Waals surface area contributed by atoms with Gasteiger partial charge >= 0.3 is 0 Å². The lowest BCUT2D eigenvalue weighted by molar-refractivity contribution is 0.0995. The largest absolute Gasteiger partial charge is 0.444 e. The van der Waals surface area contributed by atoms with E-state index in [9.17, 15) is 4.79 Å². The van der Waals surface area contributed by atoms with E-state index in [0.717, 1.165) is 49.0 Å². The van der Waals surface area contributed by atoms with E-state index in [1.807, 2.05) is 13.8 Å². The first-order valence-electron chi connectivity index (χ1n) is 7.53. The Morgan fingerprint density at radius 3 is 3.00 bits per heavy atom. The van der Waals surface area contributed by atoms with Crippen LogP contribution in [-0.2, 0) is 6.54 Å². The molecule has 0 radical (unpaired) electrons. The van der Waals surface area contributed by atoms with Crippen LogP contribution in [0.2, 0.25) is 0 Å². The molecule has 0 aromatic carbocycles. The quantitative estimate of drug-likeness (QED) is 0.891. The third-order valence-corrected chi connectivity index (χ3v) is 4.23. The summed E-state index contributed by atoms with van der Waals surface area (Å²) in [5.41, 5.74) is 7.47. The Balaban J connectivity index is 1.66. The molecule has 22 heavy (non-hydrogen) atoms. The van der Waals surface area contributed by atoms with E-state index in [0.29, 0.717) is 18.2 Å². The van der Waals surface area contributed by atoms with Crippen molar-refractivity contribution in [3.8, 4) is 0 Å². The van der Waals surface area contributed by atoms with Crippen molar-refractivity contribution < 1.29 is 9.21 Å². The molecule has 1 amide bonds. The summed E-state index contributed by atoms with van der Waals surface area (Å²) in [6.07, 6.45) is 2.16. The van der Waals surface area contributed by atoms with Crippen LogP contribution in [0.25, 0.3) is 0 Å². The molecular weight excluding hydrogens is 282 g/mol. The molecule has 2 aromatic rings. The Morgan fingerprint density at radius 1 is 1.55 bits per heavy atom. The Kier molecular flexibility index (Phi) is 3.98. The molecule has 118 valence electrons. The van der Waals surface area contributed by atoms with Crippen molar-refractivity contribution >= 4 is 5.91 Å². The van der Waals surface area contributed by atoms with E-state index in [1.54, 1.807) is 6.07 Å². The summed E-state index contributed by atoms with van der Waals surface area (Å²) in [4.78, 5) is 17.9. The normalized spacial score (nSPS) is 19.5. The van der Waals surface area contributed by atoms with Gasteiger partial charge in [0.15, 0.2) is 0 Å². The van der Waals surface area contributed by atoms with Gasteiger partial charge in [0.2, 0.25) is 5.89 Å². The van der Waals surface area contributed by atoms with Crippen LogP contribution in [0.5, 0.6) is 0 Å². The molecule has 3 rings (SSSR count). The Hall–Kier alpha value is -2.15. The summed E-state index contributed by atoms with van der Waals surface area (Å²) in [6.45, 7) is 6.51. The molecule has 0 bridgehead atoms. The highest BCUT2D eigenvalue weighted by molar-refractivity contribution is 5.90. The average molecular weight is 303 g/mol. The number of amides is 1. The third-order valence-electron chi connectivity index (χ3n) is 4.23. The highest BCUT2D eigenvalue weighted by atomic mass is 16.4. The van der Waals surface area contributed by atoms with Gasteiger partial charge in [-0.2, -0.15) is 5.10 Å². The zero-order valence-electron chi connectivity index (χ0n) is 12.9. The van der Waals surface area contributed by atoms with Gasteiger partial charge in [0, 0.05) is 18.2 Å². The number of aromatic nitrogens is 3. The molecular formula is C15H21N5O2. The monoisotopic (exact) mass is 303 g/mol. The second-order valence-electron chi connectivity index (χ2n) is 5.90. The molecule has 0 spiro atoms. The SMILES string of the molecule is Cc1nc(CN2CCC[C@H](c3cc(C(N)=O)n[nH]3)C2)oc1C. The average Bonchev–Trinajstić information content (AvgIpc) is 3.07. The van der Waals surface area contributed by atoms with Gasteiger partial charge in [-0.1, -0.05) is 0 Å². The fourth-order valence-electron chi connectivity index (χ4n) is 2.92. The zero-order chi connectivity index (χ0) is 15.7. The van der Waals surface area contributed by atoms with Crippen LogP contribution in [0.15, 0.2) is 10.5 Å². The number of H-pyrrole nitrogens is 1. The molecule has 7 heteroatoms. The van der Waals surface area contributed by atoms with Gasteiger partial charge in [-0.25, -0.2) is 4.98 Å². The standard InChI is InChI=1S/C15H21N5O2/c1-9-10(2)22-14(17-9)8-20-5-3-4-11(7-20)12-6-13(15(16)21)19-18-12/h6,11H,3-5,7-8H2,1-2H3,(H2,16,21)(H,18,19)/t11-/m0/s1. The van der Waals surface area contributed by atoms with Gasteiger partial charge in [-0.05, 0) is 39.3 Å².